The van der Waals surface area contributed by atoms with Crippen molar-refractivity contribution in [2.75, 3.05) is 6.79 Å². The zero-order chi connectivity index (χ0) is 21.7. The molecule has 2 aromatic heterocycles. The molecule has 6 rings (SSSR count). The van der Waals surface area contributed by atoms with Crippen LogP contribution in [-0.4, -0.2) is 16.9 Å². The molecule has 32 heavy (non-hydrogen) atoms. The maximum Gasteiger partial charge on any atom is 0.260 e. The number of hydrogen-bond acceptors (Lipinski definition) is 5. The van der Waals surface area contributed by atoms with Crippen LogP contribution in [0, 0.1) is 0 Å². The third-order valence-electron chi connectivity index (χ3n) is 5.66. The van der Waals surface area contributed by atoms with Crippen LogP contribution in [0.2, 0.25) is 0 Å². The van der Waals surface area contributed by atoms with E-state index in [1.54, 1.807) is 0 Å². The van der Waals surface area contributed by atoms with E-state index in [0.717, 1.165) is 33.8 Å². The standard InChI is InChI=1S/C26H17NO4S/c28-24-22(15-5-2-1-3-6-15)25(29)27-26-23(24)19(13-32-26)18-8-4-7-16(11-18)17-9-10-20-21(12-17)31-14-30-20/h1-13H,14H2,(H2,27,28,29). The summed E-state index contributed by atoms with van der Waals surface area (Å²) in [6.45, 7) is 0.237. The van der Waals surface area contributed by atoms with Gasteiger partial charge in [-0.1, -0.05) is 54.6 Å². The fourth-order valence-corrected chi connectivity index (χ4v) is 5.08. The Labute approximate surface area is 187 Å². The van der Waals surface area contributed by atoms with Crippen molar-refractivity contribution < 1.29 is 14.6 Å². The number of nitrogens with one attached hydrogen (secondary N) is 1. The van der Waals surface area contributed by atoms with Crippen LogP contribution in [-0.2, 0) is 0 Å². The molecule has 0 atom stereocenters. The van der Waals surface area contributed by atoms with E-state index >= 15 is 0 Å². The van der Waals surface area contributed by atoms with Gasteiger partial charge < -0.3 is 19.6 Å². The van der Waals surface area contributed by atoms with Crippen LogP contribution in [0.5, 0.6) is 17.2 Å². The average Bonchev–Trinajstić information content (AvgIpc) is 3.46. The number of pyridine rings is 1. The molecule has 5 nitrogen and oxygen atoms in total. The van der Waals surface area contributed by atoms with Gasteiger partial charge in [-0.2, -0.15) is 0 Å². The topological polar surface area (TPSA) is 71.6 Å². The normalized spacial score (nSPS) is 12.4. The van der Waals surface area contributed by atoms with Gasteiger partial charge in [-0.3, -0.25) is 4.79 Å². The number of aromatic nitrogens is 1. The van der Waals surface area contributed by atoms with E-state index in [0.29, 0.717) is 15.8 Å². The summed E-state index contributed by atoms with van der Waals surface area (Å²) in [5, 5.41) is 13.8. The summed E-state index contributed by atoms with van der Waals surface area (Å²) in [5.74, 6) is 1.48. The number of ether oxygens (including phenoxy) is 2. The molecule has 0 amide bonds. The maximum atomic E-state index is 12.7. The van der Waals surface area contributed by atoms with Gasteiger partial charge in [-0.05, 0) is 40.5 Å². The summed E-state index contributed by atoms with van der Waals surface area (Å²) in [4.78, 5) is 16.3. The quantitative estimate of drug-likeness (QED) is 0.360. The lowest BCUT2D eigenvalue weighted by Crippen LogP contribution is -2.08. The Kier molecular flexibility index (Phi) is 4.26. The largest absolute Gasteiger partial charge is 0.506 e. The summed E-state index contributed by atoms with van der Waals surface area (Å²) >= 11 is 1.41. The minimum atomic E-state index is -0.302. The number of H-pyrrole nitrogens is 1. The van der Waals surface area contributed by atoms with E-state index in [2.05, 4.69) is 11.1 Å². The van der Waals surface area contributed by atoms with Gasteiger partial charge in [0.2, 0.25) is 6.79 Å². The first-order chi connectivity index (χ1) is 15.7. The van der Waals surface area contributed by atoms with Gasteiger partial charge in [-0.15, -0.1) is 11.3 Å². The second-order valence-electron chi connectivity index (χ2n) is 7.55. The third-order valence-corrected chi connectivity index (χ3v) is 6.56. The zero-order valence-electron chi connectivity index (χ0n) is 16.8. The number of fused-ring (bicyclic) bond motifs is 2. The average molecular weight is 439 g/mol. The van der Waals surface area contributed by atoms with Crippen LogP contribution < -0.4 is 15.0 Å². The SMILES string of the molecule is O=c1[nH]c2scc(-c3cccc(-c4ccc5c(c4)OCO5)c3)c2c(O)c1-c1ccccc1. The summed E-state index contributed by atoms with van der Waals surface area (Å²) in [6, 6.07) is 23.2. The molecule has 3 heterocycles. The van der Waals surface area contributed by atoms with Crippen molar-refractivity contribution in [3.63, 3.8) is 0 Å². The first kappa shape index (κ1) is 18.7. The molecule has 0 radical (unpaired) electrons. The second kappa shape index (κ2) is 7.28. The molecule has 0 spiro atoms. The lowest BCUT2D eigenvalue weighted by Gasteiger charge is -2.09. The van der Waals surface area contributed by atoms with Crippen molar-refractivity contribution >= 4 is 21.6 Å². The molecular formula is C26H17NO4S. The number of rotatable bonds is 3. The third kappa shape index (κ3) is 2.96. The Morgan fingerprint density at radius 1 is 0.812 bits per heavy atom. The Hall–Kier alpha value is -4.03. The molecule has 0 saturated carbocycles. The van der Waals surface area contributed by atoms with Crippen LogP contribution in [0.15, 0.2) is 83.0 Å². The highest BCUT2D eigenvalue weighted by Crippen LogP contribution is 2.43. The molecule has 2 N–H and O–H groups in total. The Morgan fingerprint density at radius 2 is 1.56 bits per heavy atom. The van der Waals surface area contributed by atoms with Gasteiger partial charge in [0.1, 0.15) is 10.6 Å². The number of aromatic amines is 1. The Balaban J connectivity index is 1.51. The monoisotopic (exact) mass is 439 g/mol. The molecule has 0 aliphatic carbocycles. The van der Waals surface area contributed by atoms with Crippen LogP contribution in [0.3, 0.4) is 0 Å². The summed E-state index contributed by atoms with van der Waals surface area (Å²) in [5.41, 5.74) is 4.52. The van der Waals surface area contributed by atoms with Crippen molar-refractivity contribution in [2.24, 2.45) is 0 Å². The Morgan fingerprint density at radius 3 is 2.44 bits per heavy atom. The summed E-state index contributed by atoms with van der Waals surface area (Å²) < 4.78 is 10.9. The van der Waals surface area contributed by atoms with Gasteiger partial charge >= 0.3 is 0 Å². The van der Waals surface area contributed by atoms with E-state index in [1.807, 2.05) is 72.1 Å². The highest BCUT2D eigenvalue weighted by atomic mass is 32.1. The highest BCUT2D eigenvalue weighted by Gasteiger charge is 2.19. The van der Waals surface area contributed by atoms with Gasteiger partial charge in [0.25, 0.3) is 5.56 Å². The van der Waals surface area contributed by atoms with Crippen LogP contribution in [0.4, 0.5) is 0 Å². The minimum Gasteiger partial charge on any atom is -0.506 e. The van der Waals surface area contributed by atoms with Crippen molar-refractivity contribution in [3.05, 3.63) is 88.5 Å². The van der Waals surface area contributed by atoms with Crippen molar-refractivity contribution in [2.45, 2.75) is 0 Å². The first-order valence-electron chi connectivity index (χ1n) is 10.1. The van der Waals surface area contributed by atoms with E-state index < -0.39 is 0 Å². The summed E-state index contributed by atoms with van der Waals surface area (Å²) in [6.07, 6.45) is 0. The van der Waals surface area contributed by atoms with E-state index in [9.17, 15) is 9.90 Å². The van der Waals surface area contributed by atoms with Gasteiger partial charge in [0, 0.05) is 10.9 Å². The van der Waals surface area contributed by atoms with Gasteiger partial charge in [0.05, 0.1) is 10.9 Å². The maximum absolute atomic E-state index is 12.7. The molecule has 3 aromatic carbocycles. The fourth-order valence-electron chi connectivity index (χ4n) is 4.11. The molecule has 0 saturated heterocycles. The lowest BCUT2D eigenvalue weighted by atomic mass is 9.97. The minimum absolute atomic E-state index is 0.000294. The summed E-state index contributed by atoms with van der Waals surface area (Å²) in [7, 11) is 0. The molecule has 1 aliphatic rings. The first-order valence-corrected chi connectivity index (χ1v) is 11.0. The van der Waals surface area contributed by atoms with E-state index in [1.165, 1.54) is 11.3 Å². The molecule has 0 bridgehead atoms. The molecular weight excluding hydrogens is 422 g/mol. The lowest BCUT2D eigenvalue weighted by molar-refractivity contribution is 0.174. The molecule has 5 aromatic rings. The number of benzene rings is 3. The number of thiophene rings is 1. The highest BCUT2D eigenvalue weighted by molar-refractivity contribution is 7.17. The smallest absolute Gasteiger partial charge is 0.260 e. The van der Waals surface area contributed by atoms with Crippen molar-refractivity contribution in [1.82, 2.24) is 4.98 Å². The predicted molar refractivity (Wildman–Crippen MR) is 127 cm³/mol. The molecule has 156 valence electrons. The van der Waals surface area contributed by atoms with Gasteiger partial charge in [0.15, 0.2) is 11.5 Å². The fraction of sp³-hybridized carbons (Fsp3) is 0.0385. The van der Waals surface area contributed by atoms with Crippen molar-refractivity contribution in [3.8, 4) is 50.6 Å². The second-order valence-corrected chi connectivity index (χ2v) is 8.43. The number of hydrogen-bond donors (Lipinski definition) is 2. The molecule has 0 unspecified atom stereocenters. The van der Waals surface area contributed by atoms with Crippen LogP contribution in [0.25, 0.3) is 43.6 Å². The van der Waals surface area contributed by atoms with Crippen molar-refractivity contribution in [1.29, 1.82) is 0 Å². The molecule has 1 aliphatic heterocycles. The Bertz CT molecular complexity index is 1540. The zero-order valence-corrected chi connectivity index (χ0v) is 17.6. The number of aromatic hydroxyl groups is 1. The van der Waals surface area contributed by atoms with E-state index in [4.69, 9.17) is 9.47 Å². The van der Waals surface area contributed by atoms with Gasteiger partial charge in [-0.25, -0.2) is 0 Å². The molecule has 0 fully saturated rings. The van der Waals surface area contributed by atoms with Crippen LogP contribution in [0.1, 0.15) is 0 Å². The molecule has 6 heteroatoms. The van der Waals surface area contributed by atoms with E-state index in [-0.39, 0.29) is 23.7 Å². The van der Waals surface area contributed by atoms with Crippen LogP contribution >= 0.6 is 11.3 Å². The predicted octanol–water partition coefficient (Wildman–Crippen LogP) is 6.02.